The number of ketones is 1. The maximum atomic E-state index is 13.8. The van der Waals surface area contributed by atoms with Gasteiger partial charge in [-0.15, -0.1) is 0 Å². The van der Waals surface area contributed by atoms with Crippen LogP contribution in [0, 0.1) is 30.6 Å². The molecular weight excluding hydrogens is 676 g/mol. The fraction of sp³-hybridized carbons (Fsp3) is 0.233. The highest BCUT2D eigenvalue weighted by atomic mass is 35.5. The van der Waals surface area contributed by atoms with E-state index < -0.39 is 12.1 Å². The van der Waals surface area contributed by atoms with Gasteiger partial charge >= 0.3 is 5.97 Å². The molecule has 1 aromatic heterocycles. The smallest absolute Gasteiger partial charge is 0.339 e. The molecule has 5 atom stereocenters. The molecule has 2 fully saturated rings. The van der Waals surface area contributed by atoms with Gasteiger partial charge in [-0.2, -0.15) is 0 Å². The van der Waals surface area contributed by atoms with Crippen LogP contribution in [0.25, 0.3) is 22.2 Å². The van der Waals surface area contributed by atoms with E-state index >= 15 is 0 Å². The van der Waals surface area contributed by atoms with Crippen molar-refractivity contribution in [3.8, 4) is 17.0 Å². The number of imide groups is 1. The van der Waals surface area contributed by atoms with E-state index in [4.69, 9.17) is 26.1 Å². The molecule has 2 amide bonds. The first-order valence-electron chi connectivity index (χ1n) is 17.4. The Morgan fingerprint density at radius 1 is 0.904 bits per heavy atom. The standard InChI is InChI=1S/C43H35ClN2O6/c1-23-19-29-20-33(23)38-37(29)41(48)46(42(38)49)30-13-9-27(10-14-30)36-21-34(32-17-18-35(44)24(2)39(32)45-36)43(50)52-25(3)40(47)28-11-15-31(16-12-28)51-22-26-7-5-4-6-8-26/h4-19,21,25,29,33,37-38H,20,22H2,1-3H3. The number of amides is 2. The van der Waals surface area contributed by atoms with Crippen molar-refractivity contribution >= 4 is 51.8 Å². The monoisotopic (exact) mass is 710 g/mol. The Morgan fingerprint density at radius 3 is 2.35 bits per heavy atom. The summed E-state index contributed by atoms with van der Waals surface area (Å²) in [6.07, 6.45) is 1.95. The highest BCUT2D eigenvalue weighted by Crippen LogP contribution is 2.56. The number of carbonyl (C=O) groups excluding carboxylic acids is 4. The van der Waals surface area contributed by atoms with Crippen molar-refractivity contribution in [2.24, 2.45) is 23.7 Å². The summed E-state index contributed by atoms with van der Waals surface area (Å²) in [5, 5.41) is 1.02. The summed E-state index contributed by atoms with van der Waals surface area (Å²) in [5.74, 6) is -1.05. The predicted molar refractivity (Wildman–Crippen MR) is 198 cm³/mol. The lowest BCUT2D eigenvalue weighted by Crippen LogP contribution is -2.32. The van der Waals surface area contributed by atoms with Gasteiger partial charge < -0.3 is 9.47 Å². The van der Waals surface area contributed by atoms with Crippen LogP contribution in [0.4, 0.5) is 5.69 Å². The highest BCUT2D eigenvalue weighted by Gasteiger charge is 2.60. The molecular formula is C43H35ClN2O6. The van der Waals surface area contributed by atoms with Gasteiger partial charge in [0.1, 0.15) is 12.4 Å². The van der Waals surface area contributed by atoms with Gasteiger partial charge in [-0.1, -0.05) is 71.8 Å². The molecule has 9 heteroatoms. The predicted octanol–water partition coefficient (Wildman–Crippen LogP) is 8.57. The first-order chi connectivity index (χ1) is 25.1. The Balaban J connectivity index is 1.02. The molecule has 8 nitrogen and oxygen atoms in total. The number of aromatic nitrogens is 1. The second kappa shape index (κ2) is 13.2. The molecule has 0 spiro atoms. The Labute approximate surface area is 306 Å². The van der Waals surface area contributed by atoms with Crippen molar-refractivity contribution in [1.29, 1.82) is 0 Å². The zero-order valence-electron chi connectivity index (χ0n) is 28.8. The third kappa shape index (κ3) is 5.77. The number of rotatable bonds is 9. The number of fused-ring (bicyclic) bond motifs is 6. The van der Waals surface area contributed by atoms with Crippen LogP contribution in [0.2, 0.25) is 5.02 Å². The molecule has 52 heavy (non-hydrogen) atoms. The molecule has 2 bridgehead atoms. The van der Waals surface area contributed by atoms with E-state index in [9.17, 15) is 19.2 Å². The lowest BCUT2D eigenvalue weighted by molar-refractivity contribution is -0.123. The molecule has 1 saturated heterocycles. The quantitative estimate of drug-likeness (QED) is 0.0654. The number of aryl methyl sites for hydroxylation is 1. The largest absolute Gasteiger partial charge is 0.489 e. The minimum Gasteiger partial charge on any atom is -0.489 e. The van der Waals surface area contributed by atoms with Gasteiger partial charge in [0.25, 0.3) is 0 Å². The number of hydrogen-bond acceptors (Lipinski definition) is 7. The van der Waals surface area contributed by atoms with Crippen molar-refractivity contribution in [2.45, 2.75) is 39.9 Å². The Bertz CT molecular complexity index is 2300. The number of ether oxygens (including phenoxy) is 2. The third-order valence-corrected chi connectivity index (χ3v) is 11.1. The number of anilines is 1. The highest BCUT2D eigenvalue weighted by molar-refractivity contribution is 6.32. The van der Waals surface area contributed by atoms with Crippen molar-refractivity contribution in [3.63, 3.8) is 0 Å². The molecule has 1 aliphatic heterocycles. The Morgan fingerprint density at radius 2 is 1.62 bits per heavy atom. The number of allylic oxidation sites excluding steroid dienone is 2. The summed E-state index contributed by atoms with van der Waals surface area (Å²) in [4.78, 5) is 60.3. The number of Topliss-reactive ketones (excluding diaryl/α,β-unsaturated/α-hetero) is 1. The van der Waals surface area contributed by atoms with Gasteiger partial charge in [0.15, 0.2) is 6.10 Å². The Kier molecular flexibility index (Phi) is 8.50. The fourth-order valence-electron chi connectivity index (χ4n) is 8.00. The molecule has 1 saturated carbocycles. The van der Waals surface area contributed by atoms with E-state index in [0.29, 0.717) is 56.4 Å². The first kappa shape index (κ1) is 33.5. The van der Waals surface area contributed by atoms with Crippen LogP contribution in [0.1, 0.15) is 52.1 Å². The molecule has 2 heterocycles. The fourth-order valence-corrected chi connectivity index (χ4v) is 8.15. The zero-order valence-corrected chi connectivity index (χ0v) is 29.6. The summed E-state index contributed by atoms with van der Waals surface area (Å²) >= 11 is 6.49. The van der Waals surface area contributed by atoms with E-state index in [0.717, 1.165) is 12.0 Å². The topological polar surface area (TPSA) is 103 Å². The summed E-state index contributed by atoms with van der Waals surface area (Å²) in [7, 11) is 0. The maximum absolute atomic E-state index is 13.8. The van der Waals surface area contributed by atoms with E-state index in [1.54, 1.807) is 73.7 Å². The van der Waals surface area contributed by atoms with Crippen molar-refractivity contribution in [2.75, 3.05) is 4.90 Å². The Hall–Kier alpha value is -5.60. The van der Waals surface area contributed by atoms with Crippen LogP contribution in [0.3, 0.4) is 0 Å². The average Bonchev–Trinajstić information content (AvgIpc) is 3.81. The third-order valence-electron chi connectivity index (χ3n) is 10.7. The number of benzene rings is 4. The van der Waals surface area contributed by atoms with Crippen LogP contribution < -0.4 is 9.64 Å². The molecule has 4 aromatic carbocycles. The number of hydrogen-bond donors (Lipinski definition) is 0. The van der Waals surface area contributed by atoms with Gasteiger partial charge in [0, 0.05) is 21.5 Å². The van der Waals surface area contributed by atoms with Crippen LogP contribution in [-0.2, 0) is 20.9 Å². The first-order valence-corrected chi connectivity index (χ1v) is 17.7. The van der Waals surface area contributed by atoms with Crippen molar-refractivity contribution in [3.05, 3.63) is 136 Å². The second-order valence-electron chi connectivity index (χ2n) is 13.9. The van der Waals surface area contributed by atoms with E-state index in [-0.39, 0.29) is 46.8 Å². The van der Waals surface area contributed by atoms with Crippen molar-refractivity contribution < 1.29 is 28.7 Å². The average molecular weight is 711 g/mol. The van der Waals surface area contributed by atoms with Crippen LogP contribution in [0.15, 0.2) is 109 Å². The zero-order chi connectivity index (χ0) is 36.3. The lowest BCUT2D eigenvalue weighted by atomic mass is 9.82. The van der Waals surface area contributed by atoms with Gasteiger partial charge in [-0.25, -0.2) is 9.78 Å². The van der Waals surface area contributed by atoms with Gasteiger partial charge in [0.2, 0.25) is 17.6 Å². The van der Waals surface area contributed by atoms with Gasteiger partial charge in [0.05, 0.1) is 34.3 Å². The molecule has 0 N–H and O–H groups in total. The van der Waals surface area contributed by atoms with Crippen LogP contribution in [0.5, 0.6) is 5.75 Å². The number of esters is 1. The maximum Gasteiger partial charge on any atom is 0.339 e. The normalized spacial score (nSPS) is 20.9. The minimum atomic E-state index is -1.08. The minimum absolute atomic E-state index is 0.120. The summed E-state index contributed by atoms with van der Waals surface area (Å²) < 4.78 is 11.6. The molecule has 2 aliphatic carbocycles. The molecule has 5 unspecified atom stereocenters. The van der Waals surface area contributed by atoms with E-state index in [1.807, 2.05) is 44.2 Å². The lowest BCUT2D eigenvalue weighted by Gasteiger charge is -2.19. The van der Waals surface area contributed by atoms with Gasteiger partial charge in [-0.05, 0) is 98.7 Å². The number of nitrogens with zero attached hydrogens (tertiary/aromatic N) is 2. The second-order valence-corrected chi connectivity index (χ2v) is 14.3. The molecule has 5 aromatic rings. The molecule has 8 rings (SSSR count). The summed E-state index contributed by atoms with van der Waals surface area (Å²) in [5.41, 5.74) is 5.68. The molecule has 3 aliphatic rings. The van der Waals surface area contributed by atoms with Crippen LogP contribution in [-0.4, -0.2) is 34.7 Å². The van der Waals surface area contributed by atoms with E-state index in [2.05, 4.69) is 6.08 Å². The van der Waals surface area contributed by atoms with Crippen molar-refractivity contribution in [1.82, 2.24) is 4.98 Å². The van der Waals surface area contributed by atoms with E-state index in [1.165, 1.54) is 10.5 Å². The molecule has 260 valence electrons. The number of carbonyl (C=O) groups is 4. The van der Waals surface area contributed by atoms with Gasteiger partial charge in [-0.3, -0.25) is 19.3 Å². The van der Waals surface area contributed by atoms with Crippen LogP contribution >= 0.6 is 11.6 Å². The number of pyridine rings is 1. The summed E-state index contributed by atoms with van der Waals surface area (Å²) in [6, 6.07) is 28.6. The molecule has 0 radical (unpaired) electrons. The number of halogens is 1. The summed E-state index contributed by atoms with van der Waals surface area (Å²) in [6.45, 7) is 5.82. The SMILES string of the molecule is CC1=CC2CC1C1C(=O)N(c3ccc(-c4cc(C(=O)OC(C)C(=O)c5ccc(OCc6ccccc6)cc5)c5ccc(Cl)c(C)c5n4)cc3)C(=O)C21.